The average molecular weight is 338 g/mol. The van der Waals surface area contributed by atoms with E-state index in [1.54, 1.807) is 0 Å². The van der Waals surface area contributed by atoms with Gasteiger partial charge in [0.25, 0.3) is 0 Å². The predicted octanol–water partition coefficient (Wildman–Crippen LogP) is 5.86. The zero-order chi connectivity index (χ0) is 16.4. The van der Waals surface area contributed by atoms with Crippen molar-refractivity contribution in [2.45, 2.75) is 16.8 Å². The molecule has 2 rings (SSSR count). The summed E-state index contributed by atoms with van der Waals surface area (Å²) in [5, 5.41) is 0. The molecule has 0 amide bonds. The van der Waals surface area contributed by atoms with E-state index in [-0.39, 0.29) is 16.7 Å². The lowest BCUT2D eigenvalue weighted by Gasteiger charge is -2.11. The minimum Gasteiger partial charge on any atom is -0.406 e. The summed E-state index contributed by atoms with van der Waals surface area (Å²) in [6.07, 6.45) is -4.83. The van der Waals surface area contributed by atoms with Gasteiger partial charge in [0, 0.05) is 4.90 Å². The van der Waals surface area contributed by atoms with Gasteiger partial charge in [0.05, 0.1) is 0 Å². The van der Waals surface area contributed by atoms with Crippen LogP contribution in [0.15, 0.2) is 53.4 Å². The first kappa shape index (κ1) is 16.5. The van der Waals surface area contributed by atoms with E-state index in [4.69, 9.17) is 0 Å². The van der Waals surface area contributed by atoms with Gasteiger partial charge in [0.15, 0.2) is 0 Å². The zero-order valence-corrected chi connectivity index (χ0v) is 11.5. The monoisotopic (exact) mass is 338 g/mol. The molecule has 0 atom stereocenters. The molecule has 0 N–H and O–H groups in total. The summed E-state index contributed by atoms with van der Waals surface area (Å²) in [6, 6.07) is 10.5. The highest BCUT2D eigenvalue weighted by Gasteiger charge is 2.31. The highest BCUT2D eigenvalue weighted by molar-refractivity contribution is 8.00. The van der Waals surface area contributed by atoms with Crippen molar-refractivity contribution in [2.75, 3.05) is 0 Å². The van der Waals surface area contributed by atoms with Crippen molar-refractivity contribution in [3.63, 3.8) is 0 Å². The molecular weight excluding hydrogens is 330 g/mol. The van der Waals surface area contributed by atoms with Crippen LogP contribution in [0.4, 0.5) is 26.3 Å². The number of thioether (sulfide) groups is 1. The van der Waals surface area contributed by atoms with Crippen molar-refractivity contribution in [1.29, 1.82) is 0 Å². The van der Waals surface area contributed by atoms with Crippen LogP contribution in [0.5, 0.6) is 5.75 Å². The quantitative estimate of drug-likeness (QED) is 0.512. The molecule has 0 heterocycles. The molecular formula is C14H8F6OS. The van der Waals surface area contributed by atoms with E-state index >= 15 is 0 Å². The first-order valence-corrected chi connectivity index (χ1v) is 6.66. The summed E-state index contributed by atoms with van der Waals surface area (Å²) in [4.78, 5) is -0.0489. The van der Waals surface area contributed by atoms with Gasteiger partial charge >= 0.3 is 11.9 Å². The van der Waals surface area contributed by atoms with Crippen LogP contribution < -0.4 is 4.74 Å². The molecule has 0 saturated carbocycles. The van der Waals surface area contributed by atoms with Gasteiger partial charge in [0.2, 0.25) is 0 Å². The molecule has 0 saturated heterocycles. The SMILES string of the molecule is FC(F)(F)Oc1cccc(-c2cccc(SC(F)(F)F)c2)c1. The molecule has 0 aromatic heterocycles. The molecule has 0 bridgehead atoms. The Hall–Kier alpha value is -1.83. The van der Waals surface area contributed by atoms with E-state index in [1.165, 1.54) is 36.4 Å². The van der Waals surface area contributed by atoms with E-state index in [9.17, 15) is 26.3 Å². The lowest BCUT2D eigenvalue weighted by molar-refractivity contribution is -0.274. The van der Waals surface area contributed by atoms with Gasteiger partial charge in [0.1, 0.15) is 5.75 Å². The third kappa shape index (κ3) is 5.18. The lowest BCUT2D eigenvalue weighted by Crippen LogP contribution is -2.17. The Bertz CT molecular complexity index is 593. The maximum Gasteiger partial charge on any atom is 0.573 e. The van der Waals surface area contributed by atoms with Crippen LogP contribution in [0, 0.1) is 0 Å². The number of hydrogen-bond donors (Lipinski definition) is 0. The third-order valence-corrected chi connectivity index (χ3v) is 3.19. The van der Waals surface area contributed by atoms with E-state index in [0.717, 1.165) is 12.1 Å². The second-order valence-corrected chi connectivity index (χ2v) is 5.29. The Kier molecular flexibility index (Phi) is 4.60. The van der Waals surface area contributed by atoms with Crippen LogP contribution in [-0.2, 0) is 0 Å². The fraction of sp³-hybridized carbons (Fsp3) is 0.143. The summed E-state index contributed by atoms with van der Waals surface area (Å²) in [7, 11) is 0. The van der Waals surface area contributed by atoms with Crippen LogP contribution in [0.1, 0.15) is 0 Å². The van der Waals surface area contributed by atoms with Gasteiger partial charge in [-0.3, -0.25) is 0 Å². The molecule has 1 nitrogen and oxygen atoms in total. The topological polar surface area (TPSA) is 9.23 Å². The van der Waals surface area contributed by atoms with Crippen molar-refractivity contribution in [1.82, 2.24) is 0 Å². The average Bonchev–Trinajstić information content (AvgIpc) is 2.35. The van der Waals surface area contributed by atoms with Crippen LogP contribution in [0.3, 0.4) is 0 Å². The highest BCUT2D eigenvalue weighted by Crippen LogP contribution is 2.38. The smallest absolute Gasteiger partial charge is 0.406 e. The highest BCUT2D eigenvalue weighted by atomic mass is 32.2. The molecule has 0 aliphatic heterocycles. The van der Waals surface area contributed by atoms with E-state index < -0.39 is 17.6 Å². The second kappa shape index (κ2) is 6.12. The van der Waals surface area contributed by atoms with Crippen LogP contribution in [0.2, 0.25) is 0 Å². The summed E-state index contributed by atoms with van der Waals surface area (Å²) in [5.74, 6) is -0.432. The van der Waals surface area contributed by atoms with E-state index in [0.29, 0.717) is 11.1 Å². The summed E-state index contributed by atoms with van der Waals surface area (Å²) in [6.45, 7) is 0. The zero-order valence-electron chi connectivity index (χ0n) is 10.7. The fourth-order valence-corrected chi connectivity index (χ4v) is 2.35. The first-order chi connectivity index (χ1) is 10.1. The molecule has 118 valence electrons. The number of alkyl halides is 6. The Morgan fingerprint density at radius 1 is 0.773 bits per heavy atom. The second-order valence-electron chi connectivity index (χ2n) is 4.15. The van der Waals surface area contributed by atoms with Gasteiger partial charge in [-0.2, -0.15) is 13.2 Å². The van der Waals surface area contributed by atoms with Crippen molar-refractivity contribution in [3.05, 3.63) is 48.5 Å². The Morgan fingerprint density at radius 3 is 1.95 bits per heavy atom. The molecule has 2 aromatic carbocycles. The van der Waals surface area contributed by atoms with Crippen LogP contribution in [0.25, 0.3) is 11.1 Å². The summed E-state index contributed by atoms with van der Waals surface area (Å²) in [5.41, 5.74) is -3.74. The van der Waals surface area contributed by atoms with Crippen molar-refractivity contribution >= 4 is 11.8 Å². The van der Waals surface area contributed by atoms with Gasteiger partial charge in [-0.1, -0.05) is 24.3 Å². The van der Waals surface area contributed by atoms with Gasteiger partial charge in [-0.05, 0) is 47.2 Å². The first-order valence-electron chi connectivity index (χ1n) is 5.84. The maximum atomic E-state index is 12.3. The molecule has 0 spiro atoms. The minimum absolute atomic E-state index is 0.0489. The van der Waals surface area contributed by atoms with Crippen molar-refractivity contribution < 1.29 is 31.1 Å². The molecule has 22 heavy (non-hydrogen) atoms. The van der Waals surface area contributed by atoms with Crippen LogP contribution in [-0.4, -0.2) is 11.9 Å². The third-order valence-electron chi connectivity index (χ3n) is 2.47. The molecule has 8 heteroatoms. The standard InChI is InChI=1S/C14H8F6OS/c15-13(16,17)21-11-5-1-3-9(7-11)10-4-2-6-12(8-10)22-14(18,19)20/h1-8H. The molecule has 0 fully saturated rings. The van der Waals surface area contributed by atoms with E-state index in [2.05, 4.69) is 4.74 Å². The number of rotatable bonds is 3. The molecule has 0 radical (unpaired) electrons. The molecule has 0 unspecified atom stereocenters. The van der Waals surface area contributed by atoms with Gasteiger partial charge in [-0.15, -0.1) is 13.2 Å². The largest absolute Gasteiger partial charge is 0.573 e. The molecule has 0 aliphatic rings. The number of benzene rings is 2. The minimum atomic E-state index is -4.83. The summed E-state index contributed by atoms with van der Waals surface area (Å²) < 4.78 is 77.3. The predicted molar refractivity (Wildman–Crippen MR) is 70.5 cm³/mol. The molecule has 0 aliphatic carbocycles. The van der Waals surface area contributed by atoms with Crippen molar-refractivity contribution in [2.24, 2.45) is 0 Å². The Morgan fingerprint density at radius 2 is 1.36 bits per heavy atom. The fourth-order valence-electron chi connectivity index (χ4n) is 1.75. The maximum absolute atomic E-state index is 12.3. The lowest BCUT2D eigenvalue weighted by atomic mass is 10.1. The normalized spacial score (nSPS) is 12.3. The van der Waals surface area contributed by atoms with Gasteiger partial charge < -0.3 is 4.74 Å². The van der Waals surface area contributed by atoms with Crippen molar-refractivity contribution in [3.8, 4) is 16.9 Å². The Labute approximate surface area is 125 Å². The molecule has 2 aromatic rings. The Balaban J connectivity index is 2.28. The number of hydrogen-bond acceptors (Lipinski definition) is 2. The number of halogens is 6. The van der Waals surface area contributed by atoms with Gasteiger partial charge in [-0.25, -0.2) is 0 Å². The number of ether oxygens (including phenoxy) is 1. The van der Waals surface area contributed by atoms with Crippen LogP contribution >= 0.6 is 11.8 Å². The van der Waals surface area contributed by atoms with E-state index in [1.807, 2.05) is 0 Å². The summed E-state index contributed by atoms with van der Waals surface area (Å²) >= 11 is -0.287.